The second kappa shape index (κ2) is 6.74. The number of aromatic nitrogens is 2. The van der Waals surface area contributed by atoms with Crippen LogP contribution in [0.4, 0.5) is 0 Å². The molecule has 1 unspecified atom stereocenters. The first-order valence-electron chi connectivity index (χ1n) is 7.58. The van der Waals surface area contributed by atoms with Crippen LogP contribution in [0.5, 0.6) is 11.6 Å². The molecule has 1 aromatic heterocycles. The molecule has 0 radical (unpaired) electrons. The van der Waals surface area contributed by atoms with E-state index in [0.29, 0.717) is 24.6 Å². The van der Waals surface area contributed by atoms with E-state index in [-0.39, 0.29) is 17.5 Å². The number of aryl methyl sites for hydroxylation is 1. The van der Waals surface area contributed by atoms with Gasteiger partial charge in [0.25, 0.3) is 0 Å². The predicted molar refractivity (Wildman–Crippen MR) is 87.6 cm³/mol. The number of ether oxygens (including phenoxy) is 2. The molecule has 1 atom stereocenters. The summed E-state index contributed by atoms with van der Waals surface area (Å²) in [5.41, 5.74) is 0.863. The fraction of sp³-hybridized carbons (Fsp3) is 0.375. The van der Waals surface area contributed by atoms with Gasteiger partial charge in [-0.1, -0.05) is 6.07 Å². The Labute approximate surface area is 141 Å². The van der Waals surface area contributed by atoms with Crippen molar-refractivity contribution >= 4 is 10.0 Å². The van der Waals surface area contributed by atoms with Gasteiger partial charge in [0.1, 0.15) is 23.1 Å². The molecular formula is C16H19N3O4S. The van der Waals surface area contributed by atoms with Gasteiger partial charge in [-0.3, -0.25) is 0 Å². The van der Waals surface area contributed by atoms with Crippen molar-refractivity contribution in [2.75, 3.05) is 20.2 Å². The summed E-state index contributed by atoms with van der Waals surface area (Å²) in [4.78, 5) is 8.02. The van der Waals surface area contributed by atoms with Crippen LogP contribution in [0.1, 0.15) is 12.0 Å². The molecule has 1 aliphatic rings. The van der Waals surface area contributed by atoms with E-state index < -0.39 is 10.0 Å². The van der Waals surface area contributed by atoms with Crippen molar-refractivity contribution in [1.82, 2.24) is 14.3 Å². The molecular weight excluding hydrogens is 330 g/mol. The summed E-state index contributed by atoms with van der Waals surface area (Å²) in [5, 5.41) is 0. The van der Waals surface area contributed by atoms with E-state index in [1.165, 1.54) is 17.7 Å². The van der Waals surface area contributed by atoms with E-state index in [1.807, 2.05) is 13.0 Å². The Balaban J connectivity index is 1.78. The van der Waals surface area contributed by atoms with Crippen LogP contribution in [-0.4, -0.2) is 49.0 Å². The van der Waals surface area contributed by atoms with Crippen LogP contribution >= 0.6 is 0 Å². The van der Waals surface area contributed by atoms with Crippen LogP contribution in [0, 0.1) is 6.92 Å². The molecule has 2 heterocycles. The third-order valence-corrected chi connectivity index (χ3v) is 5.77. The van der Waals surface area contributed by atoms with Gasteiger partial charge < -0.3 is 9.47 Å². The molecule has 1 aliphatic heterocycles. The van der Waals surface area contributed by atoms with Gasteiger partial charge in [0.05, 0.1) is 13.7 Å². The molecule has 24 heavy (non-hydrogen) atoms. The number of nitrogens with zero attached hydrogens (tertiary/aromatic N) is 3. The van der Waals surface area contributed by atoms with E-state index in [9.17, 15) is 8.42 Å². The zero-order chi connectivity index (χ0) is 17.2. The normalized spacial score (nSPS) is 18.5. The minimum absolute atomic E-state index is 0.188. The molecule has 0 N–H and O–H groups in total. The molecule has 0 spiro atoms. The monoisotopic (exact) mass is 349 g/mol. The Morgan fingerprint density at radius 3 is 2.83 bits per heavy atom. The standard InChI is InChI=1S/C16H19N3O4S/c1-12-3-4-14(22-2)15(9-12)24(20,21)19-8-6-13(10-19)23-16-5-7-17-11-18-16/h3-5,7,9,11,13H,6,8,10H2,1-2H3. The molecule has 128 valence electrons. The van der Waals surface area contributed by atoms with Gasteiger partial charge in [0.2, 0.25) is 15.9 Å². The lowest BCUT2D eigenvalue weighted by molar-refractivity contribution is 0.206. The molecule has 1 fully saturated rings. The highest BCUT2D eigenvalue weighted by Gasteiger charge is 2.35. The highest BCUT2D eigenvalue weighted by atomic mass is 32.2. The Bertz CT molecular complexity index is 811. The average molecular weight is 349 g/mol. The Kier molecular flexibility index (Phi) is 4.68. The molecule has 3 rings (SSSR count). The first kappa shape index (κ1) is 16.7. The van der Waals surface area contributed by atoms with E-state index >= 15 is 0 Å². The van der Waals surface area contributed by atoms with Crippen LogP contribution in [0.3, 0.4) is 0 Å². The van der Waals surface area contributed by atoms with E-state index in [0.717, 1.165) is 5.56 Å². The number of hydrogen-bond acceptors (Lipinski definition) is 6. The molecule has 2 aromatic rings. The molecule has 1 saturated heterocycles. The minimum Gasteiger partial charge on any atom is -0.495 e. The van der Waals surface area contributed by atoms with Crippen molar-refractivity contribution in [2.45, 2.75) is 24.3 Å². The molecule has 7 nitrogen and oxygen atoms in total. The first-order chi connectivity index (χ1) is 11.5. The fourth-order valence-electron chi connectivity index (χ4n) is 2.66. The zero-order valence-corrected chi connectivity index (χ0v) is 14.4. The highest BCUT2D eigenvalue weighted by molar-refractivity contribution is 7.89. The van der Waals surface area contributed by atoms with Crippen molar-refractivity contribution in [1.29, 1.82) is 0 Å². The first-order valence-corrected chi connectivity index (χ1v) is 9.02. The number of methoxy groups -OCH3 is 1. The van der Waals surface area contributed by atoms with Crippen molar-refractivity contribution < 1.29 is 17.9 Å². The van der Waals surface area contributed by atoms with E-state index in [2.05, 4.69) is 9.97 Å². The topological polar surface area (TPSA) is 81.6 Å². The van der Waals surface area contributed by atoms with Crippen molar-refractivity contribution in [3.8, 4) is 11.6 Å². The van der Waals surface area contributed by atoms with Gasteiger partial charge >= 0.3 is 0 Å². The summed E-state index contributed by atoms with van der Waals surface area (Å²) >= 11 is 0. The lowest BCUT2D eigenvalue weighted by atomic mass is 10.2. The summed E-state index contributed by atoms with van der Waals surface area (Å²) in [7, 11) is -2.17. The summed E-state index contributed by atoms with van der Waals surface area (Å²) in [6, 6.07) is 6.78. The zero-order valence-electron chi connectivity index (χ0n) is 13.5. The number of rotatable bonds is 5. The summed E-state index contributed by atoms with van der Waals surface area (Å²) in [6.07, 6.45) is 3.36. The van der Waals surface area contributed by atoms with Gasteiger partial charge in [-0.05, 0) is 31.0 Å². The summed E-state index contributed by atoms with van der Waals surface area (Å²) < 4.78 is 38.2. The summed E-state index contributed by atoms with van der Waals surface area (Å²) in [6.45, 7) is 2.53. The highest BCUT2D eigenvalue weighted by Crippen LogP contribution is 2.30. The molecule has 1 aromatic carbocycles. The molecule has 0 saturated carbocycles. The molecule has 0 bridgehead atoms. The van der Waals surface area contributed by atoms with Crippen LogP contribution in [0.2, 0.25) is 0 Å². The SMILES string of the molecule is COc1ccc(C)cc1S(=O)(=O)N1CCC(Oc2ccncn2)C1. The average Bonchev–Trinajstić information content (AvgIpc) is 3.05. The number of benzene rings is 1. The molecule has 0 aliphatic carbocycles. The number of hydrogen-bond donors (Lipinski definition) is 0. The van der Waals surface area contributed by atoms with E-state index in [4.69, 9.17) is 9.47 Å². The van der Waals surface area contributed by atoms with Crippen molar-refractivity contribution in [2.24, 2.45) is 0 Å². The molecule has 0 amide bonds. The Hall–Kier alpha value is -2.19. The predicted octanol–water partition coefficient (Wildman–Crippen LogP) is 1.64. The third kappa shape index (κ3) is 3.34. The number of sulfonamides is 1. The van der Waals surface area contributed by atoms with Gasteiger partial charge in [0.15, 0.2) is 0 Å². The lowest BCUT2D eigenvalue weighted by Gasteiger charge is -2.19. The maximum atomic E-state index is 12.9. The maximum Gasteiger partial charge on any atom is 0.246 e. The Morgan fingerprint density at radius 1 is 1.29 bits per heavy atom. The van der Waals surface area contributed by atoms with Crippen LogP contribution in [0.15, 0.2) is 41.7 Å². The molecule has 8 heteroatoms. The lowest BCUT2D eigenvalue weighted by Crippen LogP contribution is -2.31. The quantitative estimate of drug-likeness (QED) is 0.816. The minimum atomic E-state index is -3.63. The smallest absolute Gasteiger partial charge is 0.246 e. The van der Waals surface area contributed by atoms with Gasteiger partial charge in [-0.25, -0.2) is 18.4 Å². The second-order valence-electron chi connectivity index (χ2n) is 5.59. The third-order valence-electron chi connectivity index (χ3n) is 3.89. The Morgan fingerprint density at radius 2 is 2.12 bits per heavy atom. The van der Waals surface area contributed by atoms with Gasteiger partial charge in [0, 0.05) is 18.8 Å². The van der Waals surface area contributed by atoms with Gasteiger partial charge in [-0.15, -0.1) is 0 Å². The maximum absolute atomic E-state index is 12.9. The second-order valence-corrected chi connectivity index (χ2v) is 7.50. The van der Waals surface area contributed by atoms with Crippen molar-refractivity contribution in [3.05, 3.63) is 42.4 Å². The van der Waals surface area contributed by atoms with E-state index in [1.54, 1.807) is 24.4 Å². The fourth-order valence-corrected chi connectivity index (χ4v) is 4.38. The van der Waals surface area contributed by atoms with Crippen LogP contribution in [-0.2, 0) is 10.0 Å². The summed E-state index contributed by atoms with van der Waals surface area (Å²) in [5.74, 6) is 0.795. The largest absolute Gasteiger partial charge is 0.495 e. The van der Waals surface area contributed by atoms with Gasteiger partial charge in [-0.2, -0.15) is 4.31 Å². The van der Waals surface area contributed by atoms with Crippen LogP contribution < -0.4 is 9.47 Å². The van der Waals surface area contributed by atoms with Crippen molar-refractivity contribution in [3.63, 3.8) is 0 Å². The van der Waals surface area contributed by atoms with Crippen LogP contribution in [0.25, 0.3) is 0 Å².